The van der Waals surface area contributed by atoms with Gasteiger partial charge in [-0.3, -0.25) is 4.79 Å². The van der Waals surface area contributed by atoms with E-state index < -0.39 is 0 Å². The smallest absolute Gasteiger partial charge is 0.228 e. The largest absolute Gasteiger partial charge is 0.330 e. The molecule has 0 radical (unpaired) electrons. The van der Waals surface area contributed by atoms with Crippen LogP contribution in [-0.2, 0) is 11.3 Å². The first-order valence-corrected chi connectivity index (χ1v) is 7.56. The van der Waals surface area contributed by atoms with Crippen LogP contribution in [0, 0.1) is 0 Å². The molecule has 3 rings (SSSR count). The Balaban J connectivity index is 2.18. The zero-order valence-corrected chi connectivity index (χ0v) is 12.8. The first kappa shape index (κ1) is 14.5. The maximum absolute atomic E-state index is 12.6. The predicted octanol–water partition coefficient (Wildman–Crippen LogP) is 3.44. The van der Waals surface area contributed by atoms with Gasteiger partial charge >= 0.3 is 0 Å². The van der Waals surface area contributed by atoms with E-state index in [2.05, 4.69) is 31.2 Å². The number of carbonyl (C=O) groups excluding carboxylic acids is 1. The quantitative estimate of drug-likeness (QED) is 0.921. The van der Waals surface area contributed by atoms with Crippen molar-refractivity contribution in [2.75, 3.05) is 11.4 Å². The van der Waals surface area contributed by atoms with Crippen LogP contribution >= 0.6 is 0 Å². The van der Waals surface area contributed by atoms with E-state index in [-0.39, 0.29) is 5.91 Å². The summed E-state index contributed by atoms with van der Waals surface area (Å²) in [5, 5.41) is 0. The highest BCUT2D eigenvalue weighted by Gasteiger charge is 2.21. The molecule has 1 heterocycles. The Kier molecular flexibility index (Phi) is 4.07. The summed E-state index contributed by atoms with van der Waals surface area (Å²) < 4.78 is 0. The lowest BCUT2D eigenvalue weighted by Gasteiger charge is -2.28. The van der Waals surface area contributed by atoms with Crippen LogP contribution in [-0.4, -0.2) is 12.5 Å². The number of hydrogen-bond acceptors (Lipinski definition) is 2. The van der Waals surface area contributed by atoms with Crippen molar-refractivity contribution in [2.45, 2.75) is 19.9 Å². The highest BCUT2D eigenvalue weighted by molar-refractivity contribution is 5.99. The van der Waals surface area contributed by atoms with E-state index in [1.54, 1.807) is 0 Å². The third-order valence-electron chi connectivity index (χ3n) is 4.03. The summed E-state index contributed by atoms with van der Waals surface area (Å²) in [6.07, 6.45) is 2.55. The first-order valence-electron chi connectivity index (χ1n) is 7.56. The Bertz CT molecular complexity index is 734. The molecule has 0 fully saturated rings. The lowest BCUT2D eigenvalue weighted by molar-refractivity contribution is -0.118. The van der Waals surface area contributed by atoms with Gasteiger partial charge in [0.05, 0.1) is 12.2 Å². The van der Waals surface area contributed by atoms with Gasteiger partial charge in [-0.1, -0.05) is 48.5 Å². The maximum atomic E-state index is 12.6. The fourth-order valence-corrected chi connectivity index (χ4v) is 2.91. The maximum Gasteiger partial charge on any atom is 0.228 e. The van der Waals surface area contributed by atoms with E-state index in [1.807, 2.05) is 35.2 Å². The lowest BCUT2D eigenvalue weighted by Crippen LogP contribution is -2.33. The van der Waals surface area contributed by atoms with Crippen molar-refractivity contribution >= 4 is 23.2 Å². The monoisotopic (exact) mass is 292 g/mol. The minimum absolute atomic E-state index is 0.0689. The molecule has 3 heteroatoms. The zero-order chi connectivity index (χ0) is 15.5. The average Bonchev–Trinajstić information content (AvgIpc) is 2.52. The van der Waals surface area contributed by atoms with E-state index in [1.165, 1.54) is 5.56 Å². The van der Waals surface area contributed by atoms with Gasteiger partial charge in [0.25, 0.3) is 0 Å². The van der Waals surface area contributed by atoms with Gasteiger partial charge in [0.2, 0.25) is 5.91 Å². The summed E-state index contributed by atoms with van der Waals surface area (Å²) in [4.78, 5) is 14.4. The average molecular weight is 292 g/mol. The zero-order valence-electron chi connectivity index (χ0n) is 12.8. The molecule has 0 unspecified atom stereocenters. The fraction of sp³-hybridized carbons (Fsp3) is 0.211. The number of carbonyl (C=O) groups is 1. The molecule has 112 valence electrons. The second-order valence-electron chi connectivity index (χ2n) is 5.56. The molecule has 22 heavy (non-hydrogen) atoms. The number of nitrogens with zero attached hydrogens (tertiary/aromatic N) is 1. The molecule has 1 aliphatic heterocycles. The number of allylic oxidation sites excluding steroid dienone is 1. The van der Waals surface area contributed by atoms with Crippen LogP contribution < -0.4 is 10.6 Å². The summed E-state index contributed by atoms with van der Waals surface area (Å²) in [6.45, 7) is 3.04. The van der Waals surface area contributed by atoms with Gasteiger partial charge in [0, 0.05) is 18.5 Å². The van der Waals surface area contributed by atoms with Crippen molar-refractivity contribution in [1.29, 1.82) is 0 Å². The number of rotatable bonds is 2. The number of para-hydroxylation sites is 1. The fourth-order valence-electron chi connectivity index (χ4n) is 2.91. The lowest BCUT2D eigenvalue weighted by atomic mass is 9.96. The van der Waals surface area contributed by atoms with Gasteiger partial charge in [-0.25, -0.2) is 0 Å². The van der Waals surface area contributed by atoms with Crippen molar-refractivity contribution < 1.29 is 4.79 Å². The third-order valence-corrected chi connectivity index (χ3v) is 4.03. The molecular weight excluding hydrogens is 272 g/mol. The molecule has 3 nitrogen and oxygen atoms in total. The summed E-state index contributed by atoms with van der Waals surface area (Å²) in [5.74, 6) is 0.0689. The van der Waals surface area contributed by atoms with Crippen molar-refractivity contribution in [2.24, 2.45) is 5.73 Å². The summed E-state index contributed by atoms with van der Waals surface area (Å²) in [7, 11) is 0. The van der Waals surface area contributed by atoms with Gasteiger partial charge in [-0.05, 0) is 29.7 Å². The van der Waals surface area contributed by atoms with Gasteiger partial charge in [0.15, 0.2) is 0 Å². The van der Waals surface area contributed by atoms with E-state index in [0.717, 1.165) is 22.4 Å². The minimum Gasteiger partial charge on any atom is -0.330 e. The number of benzene rings is 2. The van der Waals surface area contributed by atoms with Crippen molar-refractivity contribution in [3.8, 4) is 0 Å². The molecule has 0 saturated heterocycles. The van der Waals surface area contributed by atoms with Crippen LogP contribution in [0.15, 0.2) is 48.5 Å². The Morgan fingerprint density at radius 1 is 1.14 bits per heavy atom. The van der Waals surface area contributed by atoms with E-state index >= 15 is 0 Å². The Morgan fingerprint density at radius 3 is 2.68 bits per heavy atom. The molecular formula is C19H20N2O. The van der Waals surface area contributed by atoms with Gasteiger partial charge < -0.3 is 10.6 Å². The molecule has 0 atom stereocenters. The molecule has 2 aromatic carbocycles. The summed E-state index contributed by atoms with van der Waals surface area (Å²) in [5.41, 5.74) is 11.1. The molecule has 0 saturated carbocycles. The molecule has 0 bridgehead atoms. The molecule has 0 spiro atoms. The molecule has 2 aromatic rings. The van der Waals surface area contributed by atoms with Crippen LogP contribution in [0.2, 0.25) is 0 Å². The second kappa shape index (κ2) is 6.16. The summed E-state index contributed by atoms with van der Waals surface area (Å²) in [6, 6.07) is 16.3. The number of nitrogens with two attached hydrogens (primary N) is 1. The molecule has 1 amide bonds. The standard InChI is InChI=1S/C19H20N2O/c1-14-12-15-6-2-3-7-16(15)13-21(19(22)10-11-20)18-9-5-4-8-17(14)18/h2-9,12H,10-11,13,20H2,1H3/b14-12-. The topological polar surface area (TPSA) is 46.3 Å². The van der Waals surface area contributed by atoms with Crippen molar-refractivity contribution in [3.05, 3.63) is 65.2 Å². The Morgan fingerprint density at radius 2 is 1.86 bits per heavy atom. The number of amides is 1. The van der Waals surface area contributed by atoms with E-state index in [4.69, 9.17) is 5.73 Å². The van der Waals surface area contributed by atoms with Gasteiger partial charge in [0.1, 0.15) is 0 Å². The van der Waals surface area contributed by atoms with Crippen LogP contribution in [0.3, 0.4) is 0 Å². The van der Waals surface area contributed by atoms with Crippen LogP contribution in [0.5, 0.6) is 0 Å². The van der Waals surface area contributed by atoms with Crippen LogP contribution in [0.4, 0.5) is 5.69 Å². The molecule has 0 aliphatic carbocycles. The van der Waals surface area contributed by atoms with Crippen LogP contribution in [0.25, 0.3) is 11.6 Å². The minimum atomic E-state index is 0.0689. The first-order chi connectivity index (χ1) is 10.7. The normalized spacial score (nSPS) is 15.9. The molecule has 0 aromatic heterocycles. The van der Waals surface area contributed by atoms with Gasteiger partial charge in [-0.15, -0.1) is 0 Å². The predicted molar refractivity (Wildman–Crippen MR) is 91.3 cm³/mol. The van der Waals surface area contributed by atoms with E-state index in [9.17, 15) is 4.79 Å². The third kappa shape index (κ3) is 2.68. The van der Waals surface area contributed by atoms with Crippen LogP contribution in [0.1, 0.15) is 30.0 Å². The van der Waals surface area contributed by atoms with Crippen molar-refractivity contribution in [3.63, 3.8) is 0 Å². The number of fused-ring (bicyclic) bond motifs is 2. The highest BCUT2D eigenvalue weighted by atomic mass is 16.2. The molecule has 2 N–H and O–H groups in total. The second-order valence-corrected chi connectivity index (χ2v) is 5.56. The van der Waals surface area contributed by atoms with E-state index in [0.29, 0.717) is 19.5 Å². The van der Waals surface area contributed by atoms with Crippen molar-refractivity contribution in [1.82, 2.24) is 0 Å². The summed E-state index contributed by atoms with van der Waals surface area (Å²) >= 11 is 0. The number of anilines is 1. The number of hydrogen-bond donors (Lipinski definition) is 1. The Labute approximate surface area is 131 Å². The Hall–Kier alpha value is -2.39. The van der Waals surface area contributed by atoms with Gasteiger partial charge in [-0.2, -0.15) is 0 Å². The SMILES string of the molecule is C/C1=C/c2ccccc2CN(C(=O)CCN)c2ccccc21. The highest BCUT2D eigenvalue weighted by Crippen LogP contribution is 2.33. The molecule has 1 aliphatic rings.